The third kappa shape index (κ3) is 1.58. The van der Waals surface area contributed by atoms with E-state index >= 15 is 0 Å². The molecule has 0 aromatic carbocycles. The molecular formula is C6H8N2S2. The van der Waals surface area contributed by atoms with Crippen LogP contribution in [0.5, 0.6) is 0 Å². The third-order valence-electron chi connectivity index (χ3n) is 1.16. The molecule has 0 spiro atoms. The Bertz CT molecular complexity index is 237. The molecule has 0 bridgehead atoms. The lowest BCUT2D eigenvalue weighted by molar-refractivity contribution is 1.13. The van der Waals surface area contributed by atoms with Crippen molar-refractivity contribution in [2.24, 2.45) is 0 Å². The summed E-state index contributed by atoms with van der Waals surface area (Å²) in [6, 6.07) is 3.68. The Morgan fingerprint density at radius 2 is 2.30 bits per heavy atom. The average Bonchev–Trinajstić information content (AvgIpc) is 1.88. The highest BCUT2D eigenvalue weighted by molar-refractivity contribution is 8.68. The number of nitrogen functional groups attached to an aromatic ring is 1. The van der Waals surface area contributed by atoms with Crippen LogP contribution in [0.1, 0.15) is 5.69 Å². The number of rotatable bonds is 1. The van der Waals surface area contributed by atoms with E-state index in [1.165, 1.54) is 10.8 Å². The first kappa shape index (κ1) is 7.75. The van der Waals surface area contributed by atoms with Crippen LogP contribution in [-0.4, -0.2) is 4.98 Å². The van der Waals surface area contributed by atoms with Crippen LogP contribution >= 0.6 is 22.5 Å². The highest BCUT2D eigenvalue weighted by Gasteiger charge is 1.96. The summed E-state index contributed by atoms with van der Waals surface area (Å²) in [5.74, 6) is 0.559. The molecule has 0 fully saturated rings. The number of nitrogens with zero attached hydrogens (tertiary/aromatic N) is 1. The van der Waals surface area contributed by atoms with E-state index in [1.54, 1.807) is 6.07 Å². The average molecular weight is 172 g/mol. The van der Waals surface area contributed by atoms with Gasteiger partial charge in [0.15, 0.2) is 0 Å². The minimum absolute atomic E-state index is 0.559. The van der Waals surface area contributed by atoms with Crippen LogP contribution in [0.4, 0.5) is 5.82 Å². The van der Waals surface area contributed by atoms with E-state index < -0.39 is 0 Å². The smallest absolute Gasteiger partial charge is 0.123 e. The van der Waals surface area contributed by atoms with E-state index in [2.05, 4.69) is 16.6 Å². The minimum atomic E-state index is 0.559. The van der Waals surface area contributed by atoms with Crippen LogP contribution in [-0.2, 0) is 0 Å². The fourth-order valence-electron chi connectivity index (χ4n) is 0.664. The molecule has 2 nitrogen and oxygen atoms in total. The zero-order valence-corrected chi connectivity index (χ0v) is 7.25. The molecule has 0 saturated carbocycles. The Kier molecular flexibility index (Phi) is 2.45. The number of nitrogens with two attached hydrogens (primary N) is 1. The zero-order chi connectivity index (χ0) is 7.56. The molecule has 0 amide bonds. The van der Waals surface area contributed by atoms with Crippen LogP contribution in [0.2, 0.25) is 0 Å². The fourth-order valence-corrected chi connectivity index (χ4v) is 1.55. The first-order valence-electron chi connectivity index (χ1n) is 2.78. The third-order valence-corrected chi connectivity index (χ3v) is 2.38. The van der Waals surface area contributed by atoms with Gasteiger partial charge in [-0.2, -0.15) is 0 Å². The molecule has 1 aromatic rings. The number of pyridine rings is 1. The van der Waals surface area contributed by atoms with Crippen molar-refractivity contribution in [2.45, 2.75) is 11.8 Å². The molecule has 0 aliphatic rings. The summed E-state index contributed by atoms with van der Waals surface area (Å²) in [4.78, 5) is 5.11. The lowest BCUT2D eigenvalue weighted by Gasteiger charge is -1.99. The number of hydrogen-bond donors (Lipinski definition) is 2. The summed E-state index contributed by atoms with van der Waals surface area (Å²) in [7, 11) is 1.38. The Balaban J connectivity index is 3.07. The van der Waals surface area contributed by atoms with Gasteiger partial charge in [0.1, 0.15) is 5.82 Å². The van der Waals surface area contributed by atoms with Crippen molar-refractivity contribution >= 4 is 28.3 Å². The Morgan fingerprint density at radius 1 is 1.60 bits per heavy atom. The second kappa shape index (κ2) is 3.16. The second-order valence-electron chi connectivity index (χ2n) is 1.91. The van der Waals surface area contributed by atoms with Gasteiger partial charge < -0.3 is 5.73 Å². The van der Waals surface area contributed by atoms with Crippen molar-refractivity contribution in [2.75, 3.05) is 5.73 Å². The Hall–Kier alpha value is -0.350. The first-order chi connectivity index (χ1) is 4.74. The van der Waals surface area contributed by atoms with Gasteiger partial charge in [0.2, 0.25) is 0 Å². The molecule has 54 valence electrons. The van der Waals surface area contributed by atoms with Gasteiger partial charge in [-0.15, -0.1) is 11.7 Å². The molecule has 1 heterocycles. The minimum Gasteiger partial charge on any atom is -0.384 e. The van der Waals surface area contributed by atoms with Gasteiger partial charge >= 0.3 is 0 Å². The van der Waals surface area contributed by atoms with Crippen molar-refractivity contribution in [1.29, 1.82) is 0 Å². The van der Waals surface area contributed by atoms with Gasteiger partial charge in [-0.3, -0.25) is 0 Å². The largest absolute Gasteiger partial charge is 0.384 e. The number of thiol groups is 1. The normalized spacial score (nSPS) is 9.80. The standard InChI is InChI=1S/C6H8N2S2/c1-4-5(10-9)2-3-6(7)8-4/h2-3,9H,1H3,(H2,7,8). The van der Waals surface area contributed by atoms with Crippen LogP contribution in [0.3, 0.4) is 0 Å². The molecule has 4 heteroatoms. The lowest BCUT2D eigenvalue weighted by Crippen LogP contribution is -1.92. The van der Waals surface area contributed by atoms with E-state index in [-0.39, 0.29) is 0 Å². The lowest BCUT2D eigenvalue weighted by atomic mass is 10.4. The van der Waals surface area contributed by atoms with Crippen molar-refractivity contribution in [3.05, 3.63) is 17.8 Å². The van der Waals surface area contributed by atoms with Gasteiger partial charge in [0.25, 0.3) is 0 Å². The molecule has 0 radical (unpaired) electrons. The SMILES string of the molecule is Cc1nc(N)ccc1SS. The van der Waals surface area contributed by atoms with E-state index in [0.29, 0.717) is 5.82 Å². The van der Waals surface area contributed by atoms with Gasteiger partial charge in [-0.05, 0) is 19.1 Å². The van der Waals surface area contributed by atoms with E-state index in [1.807, 2.05) is 13.0 Å². The fraction of sp³-hybridized carbons (Fsp3) is 0.167. The number of aromatic nitrogens is 1. The van der Waals surface area contributed by atoms with Crippen LogP contribution in [0, 0.1) is 6.92 Å². The zero-order valence-electron chi connectivity index (χ0n) is 5.53. The van der Waals surface area contributed by atoms with Crippen LogP contribution < -0.4 is 5.73 Å². The second-order valence-corrected chi connectivity index (χ2v) is 3.08. The van der Waals surface area contributed by atoms with Gasteiger partial charge in [-0.25, -0.2) is 4.98 Å². The number of anilines is 1. The molecular weight excluding hydrogens is 164 g/mol. The van der Waals surface area contributed by atoms with Crippen LogP contribution in [0.25, 0.3) is 0 Å². The maximum atomic E-state index is 5.44. The van der Waals surface area contributed by atoms with Crippen LogP contribution in [0.15, 0.2) is 17.0 Å². The van der Waals surface area contributed by atoms with Crippen molar-refractivity contribution in [3.8, 4) is 0 Å². The van der Waals surface area contributed by atoms with Crippen molar-refractivity contribution < 1.29 is 0 Å². The maximum Gasteiger partial charge on any atom is 0.123 e. The molecule has 0 atom stereocenters. The monoisotopic (exact) mass is 172 g/mol. The summed E-state index contributed by atoms with van der Waals surface area (Å²) in [5, 5.41) is 0. The summed E-state index contributed by atoms with van der Waals surface area (Å²) < 4.78 is 0. The summed E-state index contributed by atoms with van der Waals surface area (Å²) >= 11 is 4.05. The number of hydrogen-bond acceptors (Lipinski definition) is 4. The predicted octanol–water partition coefficient (Wildman–Crippen LogP) is 1.91. The Labute approximate surface area is 69.0 Å². The van der Waals surface area contributed by atoms with Crippen molar-refractivity contribution in [1.82, 2.24) is 4.98 Å². The van der Waals surface area contributed by atoms with Gasteiger partial charge in [0.05, 0.1) is 5.69 Å². The summed E-state index contributed by atoms with van der Waals surface area (Å²) in [6.07, 6.45) is 0. The molecule has 0 aliphatic carbocycles. The molecule has 0 unspecified atom stereocenters. The number of aryl methyl sites for hydroxylation is 1. The molecule has 1 aromatic heterocycles. The highest BCUT2D eigenvalue weighted by Crippen LogP contribution is 2.24. The highest BCUT2D eigenvalue weighted by atomic mass is 33.1. The molecule has 2 N–H and O–H groups in total. The quantitative estimate of drug-likeness (QED) is 0.502. The van der Waals surface area contributed by atoms with Gasteiger partial charge in [0, 0.05) is 4.90 Å². The predicted molar refractivity (Wildman–Crippen MR) is 48.2 cm³/mol. The molecule has 0 saturated heterocycles. The van der Waals surface area contributed by atoms with Gasteiger partial charge in [-0.1, -0.05) is 10.8 Å². The van der Waals surface area contributed by atoms with E-state index in [4.69, 9.17) is 5.73 Å². The van der Waals surface area contributed by atoms with Crippen molar-refractivity contribution in [3.63, 3.8) is 0 Å². The summed E-state index contributed by atoms with van der Waals surface area (Å²) in [5.41, 5.74) is 6.37. The molecule has 10 heavy (non-hydrogen) atoms. The Morgan fingerprint density at radius 3 is 2.80 bits per heavy atom. The van der Waals surface area contributed by atoms with E-state index in [9.17, 15) is 0 Å². The molecule has 1 rings (SSSR count). The van der Waals surface area contributed by atoms with E-state index in [0.717, 1.165) is 10.6 Å². The first-order valence-corrected chi connectivity index (χ1v) is 4.65. The molecule has 0 aliphatic heterocycles. The topological polar surface area (TPSA) is 38.9 Å². The summed E-state index contributed by atoms with van der Waals surface area (Å²) in [6.45, 7) is 1.91. The maximum absolute atomic E-state index is 5.44.